The van der Waals surface area contributed by atoms with Gasteiger partial charge in [0.05, 0.1) is 25.3 Å². The summed E-state index contributed by atoms with van der Waals surface area (Å²) in [4.78, 5) is 12.0. The minimum atomic E-state index is -0.0965. The number of para-hydroxylation sites is 3. The fourth-order valence-corrected chi connectivity index (χ4v) is 2.04. The Morgan fingerprint density at radius 2 is 1.68 bits per heavy atom. The van der Waals surface area contributed by atoms with Crippen LogP contribution in [0.3, 0.4) is 0 Å². The Labute approximate surface area is 131 Å². The largest absolute Gasteiger partial charge is 0.493 e. The number of anilines is 1. The fraction of sp³-hybridized carbons (Fsp3) is 0.278. The standard InChI is InChI=1S/C18H21NO3/c1-3-21-17-11-7-5-9-15(17)19-18(20)12-13-22-16-10-6-4-8-14(16)2/h4-11H,3,12-13H2,1-2H3,(H,19,20). The van der Waals surface area contributed by atoms with E-state index in [1.54, 1.807) is 0 Å². The van der Waals surface area contributed by atoms with Crippen molar-refractivity contribution in [2.24, 2.45) is 0 Å². The van der Waals surface area contributed by atoms with Crippen LogP contribution < -0.4 is 14.8 Å². The summed E-state index contributed by atoms with van der Waals surface area (Å²) in [5.74, 6) is 1.39. The SMILES string of the molecule is CCOc1ccccc1NC(=O)CCOc1ccccc1C. The Morgan fingerprint density at radius 3 is 2.41 bits per heavy atom. The van der Waals surface area contributed by atoms with Gasteiger partial charge in [-0.25, -0.2) is 0 Å². The van der Waals surface area contributed by atoms with Crippen LogP contribution in [-0.2, 0) is 4.79 Å². The van der Waals surface area contributed by atoms with Gasteiger partial charge in [-0.2, -0.15) is 0 Å². The molecule has 0 aliphatic heterocycles. The zero-order valence-electron chi connectivity index (χ0n) is 13.0. The third-order valence-corrected chi connectivity index (χ3v) is 3.14. The van der Waals surface area contributed by atoms with E-state index in [0.29, 0.717) is 24.7 Å². The van der Waals surface area contributed by atoms with Gasteiger partial charge in [-0.3, -0.25) is 4.79 Å². The summed E-state index contributed by atoms with van der Waals surface area (Å²) in [5.41, 5.74) is 1.75. The second-order valence-corrected chi connectivity index (χ2v) is 4.84. The molecule has 0 saturated carbocycles. The van der Waals surface area contributed by atoms with Gasteiger partial charge in [-0.05, 0) is 37.6 Å². The molecule has 2 rings (SSSR count). The highest BCUT2D eigenvalue weighted by Gasteiger charge is 2.08. The normalized spacial score (nSPS) is 10.1. The molecule has 1 N–H and O–H groups in total. The Hall–Kier alpha value is -2.49. The quantitative estimate of drug-likeness (QED) is 0.846. The first-order valence-electron chi connectivity index (χ1n) is 7.41. The summed E-state index contributed by atoms with van der Waals surface area (Å²) >= 11 is 0. The molecule has 4 heteroatoms. The molecule has 0 radical (unpaired) electrons. The molecule has 2 aromatic rings. The summed E-state index contributed by atoms with van der Waals surface area (Å²) in [6.07, 6.45) is 0.287. The molecule has 0 fully saturated rings. The molecule has 1 amide bonds. The highest BCUT2D eigenvalue weighted by molar-refractivity contribution is 5.92. The van der Waals surface area contributed by atoms with Crippen molar-refractivity contribution in [2.75, 3.05) is 18.5 Å². The van der Waals surface area contributed by atoms with E-state index in [0.717, 1.165) is 11.3 Å². The van der Waals surface area contributed by atoms with Crippen LogP contribution in [0.15, 0.2) is 48.5 Å². The second-order valence-electron chi connectivity index (χ2n) is 4.84. The van der Waals surface area contributed by atoms with Gasteiger partial charge in [-0.1, -0.05) is 30.3 Å². The van der Waals surface area contributed by atoms with E-state index in [1.165, 1.54) is 0 Å². The Balaban J connectivity index is 1.85. The fourth-order valence-electron chi connectivity index (χ4n) is 2.04. The monoisotopic (exact) mass is 299 g/mol. The van der Waals surface area contributed by atoms with E-state index >= 15 is 0 Å². The lowest BCUT2D eigenvalue weighted by atomic mass is 10.2. The maximum atomic E-state index is 12.0. The van der Waals surface area contributed by atoms with Crippen LogP contribution in [0.1, 0.15) is 18.9 Å². The predicted molar refractivity (Wildman–Crippen MR) is 87.5 cm³/mol. The van der Waals surface area contributed by atoms with Crippen molar-refractivity contribution in [2.45, 2.75) is 20.3 Å². The molecule has 0 saturated heterocycles. The average molecular weight is 299 g/mol. The van der Waals surface area contributed by atoms with Gasteiger partial charge >= 0.3 is 0 Å². The number of rotatable bonds is 7. The van der Waals surface area contributed by atoms with Crippen LogP contribution in [0.4, 0.5) is 5.69 Å². The van der Waals surface area contributed by atoms with Gasteiger partial charge in [-0.15, -0.1) is 0 Å². The van der Waals surface area contributed by atoms with Gasteiger partial charge in [0.25, 0.3) is 0 Å². The topological polar surface area (TPSA) is 47.6 Å². The molecule has 116 valence electrons. The first-order chi connectivity index (χ1) is 10.7. The number of hydrogen-bond donors (Lipinski definition) is 1. The molecular weight excluding hydrogens is 278 g/mol. The molecule has 0 aliphatic rings. The molecule has 0 atom stereocenters. The van der Waals surface area contributed by atoms with E-state index < -0.39 is 0 Å². The van der Waals surface area contributed by atoms with Crippen molar-refractivity contribution in [3.05, 3.63) is 54.1 Å². The average Bonchev–Trinajstić information content (AvgIpc) is 2.51. The van der Waals surface area contributed by atoms with E-state index in [1.807, 2.05) is 62.4 Å². The molecule has 0 unspecified atom stereocenters. The van der Waals surface area contributed by atoms with Crippen LogP contribution in [0.5, 0.6) is 11.5 Å². The first-order valence-corrected chi connectivity index (χ1v) is 7.41. The van der Waals surface area contributed by atoms with Crippen molar-refractivity contribution in [3.63, 3.8) is 0 Å². The van der Waals surface area contributed by atoms with Crippen molar-refractivity contribution in [3.8, 4) is 11.5 Å². The third kappa shape index (κ3) is 4.52. The minimum absolute atomic E-state index is 0.0965. The highest BCUT2D eigenvalue weighted by atomic mass is 16.5. The Kier molecular flexibility index (Phi) is 5.83. The summed E-state index contributed by atoms with van der Waals surface area (Å²) in [6, 6.07) is 15.2. The Morgan fingerprint density at radius 1 is 1.00 bits per heavy atom. The van der Waals surface area contributed by atoms with E-state index in [-0.39, 0.29) is 12.3 Å². The van der Waals surface area contributed by atoms with Crippen molar-refractivity contribution in [1.29, 1.82) is 0 Å². The van der Waals surface area contributed by atoms with E-state index in [4.69, 9.17) is 9.47 Å². The van der Waals surface area contributed by atoms with Gasteiger partial charge < -0.3 is 14.8 Å². The molecule has 0 spiro atoms. The van der Waals surface area contributed by atoms with E-state index in [2.05, 4.69) is 5.32 Å². The zero-order valence-corrected chi connectivity index (χ0v) is 13.0. The second kappa shape index (κ2) is 8.08. The number of amides is 1. The van der Waals surface area contributed by atoms with Gasteiger partial charge in [0.15, 0.2) is 0 Å². The maximum Gasteiger partial charge on any atom is 0.227 e. The molecule has 4 nitrogen and oxygen atoms in total. The number of carbonyl (C=O) groups excluding carboxylic acids is 1. The van der Waals surface area contributed by atoms with Crippen LogP contribution in [0, 0.1) is 6.92 Å². The van der Waals surface area contributed by atoms with Crippen LogP contribution in [-0.4, -0.2) is 19.1 Å². The molecule has 2 aromatic carbocycles. The third-order valence-electron chi connectivity index (χ3n) is 3.14. The van der Waals surface area contributed by atoms with Crippen molar-refractivity contribution < 1.29 is 14.3 Å². The zero-order chi connectivity index (χ0) is 15.8. The Bertz CT molecular complexity index is 625. The number of hydrogen-bond acceptors (Lipinski definition) is 3. The first kappa shape index (κ1) is 15.9. The maximum absolute atomic E-state index is 12.0. The summed E-state index contributed by atoms with van der Waals surface area (Å²) in [7, 11) is 0. The van der Waals surface area contributed by atoms with Crippen LogP contribution >= 0.6 is 0 Å². The summed E-state index contributed by atoms with van der Waals surface area (Å²) in [6.45, 7) is 4.79. The molecule has 0 aliphatic carbocycles. The van der Waals surface area contributed by atoms with Gasteiger partial charge in [0.1, 0.15) is 11.5 Å². The lowest BCUT2D eigenvalue weighted by Gasteiger charge is -2.12. The molecule has 0 heterocycles. The number of aryl methyl sites for hydroxylation is 1. The number of carbonyl (C=O) groups is 1. The number of nitrogens with one attached hydrogen (secondary N) is 1. The molecular formula is C18H21NO3. The lowest BCUT2D eigenvalue weighted by molar-refractivity contribution is -0.116. The van der Waals surface area contributed by atoms with Gasteiger partial charge in [0.2, 0.25) is 5.91 Å². The lowest BCUT2D eigenvalue weighted by Crippen LogP contribution is -2.16. The van der Waals surface area contributed by atoms with Crippen LogP contribution in [0.2, 0.25) is 0 Å². The predicted octanol–water partition coefficient (Wildman–Crippen LogP) is 3.80. The van der Waals surface area contributed by atoms with E-state index in [9.17, 15) is 4.79 Å². The molecule has 22 heavy (non-hydrogen) atoms. The smallest absolute Gasteiger partial charge is 0.227 e. The number of ether oxygens (including phenoxy) is 2. The summed E-state index contributed by atoms with van der Waals surface area (Å²) < 4.78 is 11.1. The molecule has 0 aromatic heterocycles. The summed E-state index contributed by atoms with van der Waals surface area (Å²) in [5, 5.41) is 2.85. The minimum Gasteiger partial charge on any atom is -0.493 e. The molecule has 0 bridgehead atoms. The van der Waals surface area contributed by atoms with Gasteiger partial charge in [0, 0.05) is 0 Å². The highest BCUT2D eigenvalue weighted by Crippen LogP contribution is 2.23. The van der Waals surface area contributed by atoms with Crippen LogP contribution in [0.25, 0.3) is 0 Å². The van der Waals surface area contributed by atoms with Crippen molar-refractivity contribution in [1.82, 2.24) is 0 Å². The number of benzene rings is 2. The van der Waals surface area contributed by atoms with Crippen molar-refractivity contribution >= 4 is 11.6 Å².